The van der Waals surface area contributed by atoms with Crippen LogP contribution in [0.5, 0.6) is 0 Å². The SMILES string of the molecule is CC/C=C\C/C=C\CCCCCCCCCC(=O)OCC(COC(=O)CCCCCC/C=C\CCCC)OC(=O)CCCCC/C=C\CCCCCCCCC. The van der Waals surface area contributed by atoms with Crippen LogP contribution in [-0.4, -0.2) is 37.2 Å². The zero-order valence-electron chi connectivity index (χ0n) is 36.9. The van der Waals surface area contributed by atoms with E-state index in [4.69, 9.17) is 14.2 Å². The van der Waals surface area contributed by atoms with Crippen LogP contribution in [0.15, 0.2) is 48.6 Å². The first-order valence-corrected chi connectivity index (χ1v) is 23.6. The summed E-state index contributed by atoms with van der Waals surface area (Å²) in [4.78, 5) is 37.8. The smallest absolute Gasteiger partial charge is 0.306 e. The molecule has 0 aliphatic carbocycles. The molecule has 0 saturated carbocycles. The number of carbonyl (C=O) groups is 3. The number of hydrogen-bond donors (Lipinski definition) is 0. The van der Waals surface area contributed by atoms with E-state index in [1.165, 1.54) is 83.5 Å². The minimum absolute atomic E-state index is 0.0868. The third-order valence-electron chi connectivity index (χ3n) is 10.0. The highest BCUT2D eigenvalue weighted by Gasteiger charge is 2.19. The highest BCUT2D eigenvalue weighted by Crippen LogP contribution is 2.13. The standard InChI is InChI=1S/C50H88O6/c1-4-7-10-13-16-19-22-24-26-28-31-34-37-40-43-49(52)55-46-47(45-54-48(51)42-39-36-33-30-21-18-15-12-9-6-3)56-50(53)44-41-38-35-32-29-27-25-23-20-17-14-11-8-5-2/h7,10,15-16,18-19,27,29,47H,4-6,8-9,11-14,17,20-26,28,30-46H2,1-3H3/b10-7-,18-15-,19-16-,29-27-. The maximum atomic E-state index is 12.7. The van der Waals surface area contributed by atoms with Gasteiger partial charge in [0.15, 0.2) is 6.10 Å². The first-order valence-electron chi connectivity index (χ1n) is 23.6. The molecular formula is C50H88O6. The number of allylic oxidation sites excluding steroid dienone is 8. The third-order valence-corrected chi connectivity index (χ3v) is 10.0. The Morgan fingerprint density at radius 3 is 1.16 bits per heavy atom. The number of esters is 3. The lowest BCUT2D eigenvalue weighted by molar-refractivity contribution is -0.167. The maximum absolute atomic E-state index is 12.7. The van der Waals surface area contributed by atoms with E-state index in [2.05, 4.69) is 69.4 Å². The molecule has 1 atom stereocenters. The van der Waals surface area contributed by atoms with E-state index >= 15 is 0 Å². The summed E-state index contributed by atoms with van der Waals surface area (Å²) >= 11 is 0. The summed E-state index contributed by atoms with van der Waals surface area (Å²) in [6.07, 6.45) is 52.4. The quantitative estimate of drug-likeness (QED) is 0.0265. The Morgan fingerprint density at radius 1 is 0.375 bits per heavy atom. The van der Waals surface area contributed by atoms with Crippen LogP contribution in [0.2, 0.25) is 0 Å². The minimum Gasteiger partial charge on any atom is -0.462 e. The van der Waals surface area contributed by atoms with Gasteiger partial charge in [-0.25, -0.2) is 0 Å². The second-order valence-corrected chi connectivity index (χ2v) is 15.6. The van der Waals surface area contributed by atoms with Crippen molar-refractivity contribution in [2.24, 2.45) is 0 Å². The van der Waals surface area contributed by atoms with Crippen LogP contribution < -0.4 is 0 Å². The molecule has 324 valence electrons. The molecule has 0 aliphatic rings. The van der Waals surface area contributed by atoms with Gasteiger partial charge in [-0.3, -0.25) is 14.4 Å². The molecule has 56 heavy (non-hydrogen) atoms. The van der Waals surface area contributed by atoms with Gasteiger partial charge < -0.3 is 14.2 Å². The Morgan fingerprint density at radius 2 is 0.714 bits per heavy atom. The molecule has 0 N–H and O–H groups in total. The first-order chi connectivity index (χ1) is 27.5. The van der Waals surface area contributed by atoms with Gasteiger partial charge in [-0.05, 0) is 89.9 Å². The van der Waals surface area contributed by atoms with Crippen molar-refractivity contribution < 1.29 is 28.6 Å². The van der Waals surface area contributed by atoms with E-state index in [0.717, 1.165) is 109 Å². The van der Waals surface area contributed by atoms with Gasteiger partial charge in [0, 0.05) is 19.3 Å². The summed E-state index contributed by atoms with van der Waals surface area (Å²) in [6, 6.07) is 0. The molecule has 6 heteroatoms. The molecule has 0 bridgehead atoms. The molecule has 0 rings (SSSR count). The average molecular weight is 785 g/mol. The van der Waals surface area contributed by atoms with Crippen molar-refractivity contribution in [1.82, 2.24) is 0 Å². The largest absolute Gasteiger partial charge is 0.462 e. The molecule has 0 aliphatic heterocycles. The highest BCUT2D eigenvalue weighted by atomic mass is 16.6. The zero-order valence-corrected chi connectivity index (χ0v) is 36.9. The molecule has 0 aromatic heterocycles. The van der Waals surface area contributed by atoms with Crippen molar-refractivity contribution in [3.63, 3.8) is 0 Å². The minimum atomic E-state index is -0.785. The Kier molecular flexibility index (Phi) is 43.0. The molecule has 0 aromatic carbocycles. The van der Waals surface area contributed by atoms with E-state index in [0.29, 0.717) is 19.3 Å². The number of hydrogen-bond acceptors (Lipinski definition) is 6. The van der Waals surface area contributed by atoms with Crippen LogP contribution in [0.4, 0.5) is 0 Å². The topological polar surface area (TPSA) is 78.9 Å². The van der Waals surface area contributed by atoms with Crippen molar-refractivity contribution in [1.29, 1.82) is 0 Å². The fourth-order valence-electron chi connectivity index (χ4n) is 6.45. The van der Waals surface area contributed by atoms with Crippen LogP contribution in [0.3, 0.4) is 0 Å². The van der Waals surface area contributed by atoms with Crippen molar-refractivity contribution in [2.75, 3.05) is 13.2 Å². The lowest BCUT2D eigenvalue weighted by Gasteiger charge is -2.18. The van der Waals surface area contributed by atoms with Crippen LogP contribution in [0.1, 0.15) is 233 Å². The molecule has 0 aromatic rings. The van der Waals surface area contributed by atoms with Gasteiger partial charge in [-0.2, -0.15) is 0 Å². The summed E-state index contributed by atoms with van der Waals surface area (Å²) in [5.74, 6) is -0.924. The van der Waals surface area contributed by atoms with E-state index in [1.54, 1.807) is 0 Å². The summed E-state index contributed by atoms with van der Waals surface area (Å²) in [5, 5.41) is 0. The molecule has 6 nitrogen and oxygen atoms in total. The van der Waals surface area contributed by atoms with Gasteiger partial charge in [0.2, 0.25) is 0 Å². The summed E-state index contributed by atoms with van der Waals surface area (Å²) in [6.45, 7) is 6.45. The van der Waals surface area contributed by atoms with E-state index < -0.39 is 6.10 Å². The fourth-order valence-corrected chi connectivity index (χ4v) is 6.45. The van der Waals surface area contributed by atoms with Gasteiger partial charge in [-0.1, -0.05) is 172 Å². The number of carbonyl (C=O) groups excluding carboxylic acids is 3. The van der Waals surface area contributed by atoms with Gasteiger partial charge in [0.25, 0.3) is 0 Å². The van der Waals surface area contributed by atoms with Crippen molar-refractivity contribution in [3.05, 3.63) is 48.6 Å². The van der Waals surface area contributed by atoms with Gasteiger partial charge >= 0.3 is 17.9 Å². The fraction of sp³-hybridized carbons (Fsp3) is 0.780. The summed E-state index contributed by atoms with van der Waals surface area (Å²) in [5.41, 5.74) is 0. The normalized spacial score (nSPS) is 12.4. The summed E-state index contributed by atoms with van der Waals surface area (Å²) < 4.78 is 16.7. The van der Waals surface area contributed by atoms with Crippen LogP contribution in [-0.2, 0) is 28.6 Å². The molecule has 0 amide bonds. The van der Waals surface area contributed by atoms with Crippen molar-refractivity contribution >= 4 is 17.9 Å². The van der Waals surface area contributed by atoms with Crippen LogP contribution >= 0.6 is 0 Å². The number of rotatable bonds is 42. The Bertz CT molecular complexity index is 996. The predicted molar refractivity (Wildman–Crippen MR) is 238 cm³/mol. The second kappa shape index (κ2) is 45.1. The average Bonchev–Trinajstić information content (AvgIpc) is 3.19. The summed E-state index contributed by atoms with van der Waals surface area (Å²) in [7, 11) is 0. The first kappa shape index (κ1) is 53.4. The molecule has 0 saturated heterocycles. The van der Waals surface area contributed by atoms with Crippen LogP contribution in [0, 0.1) is 0 Å². The predicted octanol–water partition coefficient (Wildman–Crippen LogP) is 15.1. The van der Waals surface area contributed by atoms with Gasteiger partial charge in [0.05, 0.1) is 0 Å². The zero-order chi connectivity index (χ0) is 40.8. The van der Waals surface area contributed by atoms with E-state index in [9.17, 15) is 14.4 Å². The molecule has 0 fully saturated rings. The Hall–Kier alpha value is -2.63. The van der Waals surface area contributed by atoms with Gasteiger partial charge in [0.1, 0.15) is 13.2 Å². The van der Waals surface area contributed by atoms with E-state index in [1.807, 2.05) is 0 Å². The molecular weight excluding hydrogens is 697 g/mol. The molecule has 0 spiro atoms. The Balaban J connectivity index is 4.40. The van der Waals surface area contributed by atoms with E-state index in [-0.39, 0.29) is 31.1 Å². The third kappa shape index (κ3) is 42.5. The molecule has 1 unspecified atom stereocenters. The second-order valence-electron chi connectivity index (χ2n) is 15.6. The maximum Gasteiger partial charge on any atom is 0.306 e. The lowest BCUT2D eigenvalue weighted by Crippen LogP contribution is -2.30. The lowest BCUT2D eigenvalue weighted by atomic mass is 10.1. The highest BCUT2D eigenvalue weighted by molar-refractivity contribution is 5.71. The van der Waals surface area contributed by atoms with Crippen LogP contribution in [0.25, 0.3) is 0 Å². The van der Waals surface area contributed by atoms with Crippen molar-refractivity contribution in [2.45, 2.75) is 239 Å². The monoisotopic (exact) mass is 785 g/mol. The van der Waals surface area contributed by atoms with Gasteiger partial charge in [-0.15, -0.1) is 0 Å². The molecule has 0 heterocycles. The Labute approximate surface area is 346 Å². The van der Waals surface area contributed by atoms with Crippen molar-refractivity contribution in [3.8, 4) is 0 Å². The number of unbranched alkanes of at least 4 members (excludes halogenated alkanes) is 23. The number of ether oxygens (including phenoxy) is 3. The molecule has 0 radical (unpaired) electrons.